The zero-order valence-electron chi connectivity index (χ0n) is 10.9. The van der Waals surface area contributed by atoms with Crippen LogP contribution in [0.1, 0.15) is 26.2 Å². The third kappa shape index (κ3) is 3.46. The van der Waals surface area contributed by atoms with Crippen LogP contribution in [0.2, 0.25) is 0 Å². The number of hydrogen-bond acceptors (Lipinski definition) is 4. The molecule has 2 N–H and O–H groups in total. The summed E-state index contributed by atoms with van der Waals surface area (Å²) in [6, 6.07) is 6.24. The molecule has 0 radical (unpaired) electrons. The van der Waals surface area contributed by atoms with Crippen LogP contribution in [-0.2, 0) is 10.0 Å². The Morgan fingerprint density at radius 1 is 1.32 bits per heavy atom. The summed E-state index contributed by atoms with van der Waals surface area (Å²) in [5, 5.41) is 9.89. The topological polar surface area (TPSA) is 75.6 Å². The average molecular weight is 285 g/mol. The fraction of sp³-hybridized carbons (Fsp3) is 0.538. The molecule has 0 aliphatic heterocycles. The zero-order chi connectivity index (χ0) is 13.9. The predicted octanol–water partition coefficient (Wildman–Crippen LogP) is 1.28. The molecule has 5 nitrogen and oxygen atoms in total. The number of nitrogens with one attached hydrogen (secondary N) is 1. The minimum atomic E-state index is -3.57. The normalized spacial score (nSPS) is 17.8. The molecule has 0 aromatic heterocycles. The van der Waals surface area contributed by atoms with Crippen LogP contribution in [0.5, 0.6) is 5.75 Å². The first-order chi connectivity index (χ1) is 8.95. The maximum atomic E-state index is 12.0. The van der Waals surface area contributed by atoms with E-state index < -0.39 is 15.6 Å². The zero-order valence-corrected chi connectivity index (χ0v) is 11.7. The molecular weight excluding hydrogens is 266 g/mol. The van der Waals surface area contributed by atoms with Gasteiger partial charge in [0.25, 0.3) is 0 Å². The molecule has 106 valence electrons. The van der Waals surface area contributed by atoms with Gasteiger partial charge in [-0.25, -0.2) is 13.1 Å². The van der Waals surface area contributed by atoms with Crippen LogP contribution in [-0.4, -0.2) is 32.3 Å². The maximum Gasteiger partial charge on any atom is 0.240 e. The highest BCUT2D eigenvalue weighted by Gasteiger charge is 2.35. The smallest absolute Gasteiger partial charge is 0.240 e. The van der Waals surface area contributed by atoms with Crippen LogP contribution in [0.15, 0.2) is 29.2 Å². The maximum absolute atomic E-state index is 12.0. The Morgan fingerprint density at radius 3 is 2.42 bits per heavy atom. The third-order valence-electron chi connectivity index (χ3n) is 3.32. The van der Waals surface area contributed by atoms with Crippen LogP contribution in [0.3, 0.4) is 0 Å². The van der Waals surface area contributed by atoms with Gasteiger partial charge in [0, 0.05) is 6.54 Å². The Bertz CT molecular complexity index is 520. The highest BCUT2D eigenvalue weighted by molar-refractivity contribution is 7.89. The first-order valence-electron chi connectivity index (χ1n) is 6.40. The molecule has 0 atom stereocenters. The molecule has 6 heteroatoms. The summed E-state index contributed by atoms with van der Waals surface area (Å²) in [6.45, 7) is 2.48. The monoisotopic (exact) mass is 285 g/mol. The lowest BCUT2D eigenvalue weighted by Crippen LogP contribution is -2.47. The summed E-state index contributed by atoms with van der Waals surface area (Å²) in [6.07, 6.45) is 2.25. The van der Waals surface area contributed by atoms with Gasteiger partial charge in [0.05, 0.1) is 17.1 Å². The molecule has 1 aliphatic carbocycles. The molecule has 0 heterocycles. The molecule has 1 fully saturated rings. The highest BCUT2D eigenvalue weighted by atomic mass is 32.2. The minimum Gasteiger partial charge on any atom is -0.494 e. The van der Waals surface area contributed by atoms with Crippen LogP contribution in [0.25, 0.3) is 0 Å². The van der Waals surface area contributed by atoms with Gasteiger partial charge in [-0.1, -0.05) is 0 Å². The van der Waals surface area contributed by atoms with E-state index in [-0.39, 0.29) is 11.4 Å². The molecule has 0 bridgehead atoms. The molecule has 1 saturated carbocycles. The Kier molecular flexibility index (Phi) is 4.13. The van der Waals surface area contributed by atoms with Gasteiger partial charge in [0.15, 0.2) is 0 Å². The second-order valence-electron chi connectivity index (χ2n) is 4.81. The fourth-order valence-corrected chi connectivity index (χ4v) is 3.08. The average Bonchev–Trinajstić information content (AvgIpc) is 2.35. The standard InChI is InChI=1S/C13H19NO4S/c1-2-18-11-4-6-12(7-5-11)19(16,17)14-10-13(15)8-3-9-13/h4-7,14-15H,2-3,8-10H2,1H3. The number of benzene rings is 1. The molecule has 0 amide bonds. The second-order valence-corrected chi connectivity index (χ2v) is 6.57. The van der Waals surface area contributed by atoms with E-state index in [9.17, 15) is 13.5 Å². The van der Waals surface area contributed by atoms with E-state index in [4.69, 9.17) is 4.74 Å². The summed E-state index contributed by atoms with van der Waals surface area (Å²) in [5.41, 5.74) is -0.863. The first-order valence-corrected chi connectivity index (χ1v) is 7.88. The van der Waals surface area contributed by atoms with E-state index in [1.165, 1.54) is 12.1 Å². The molecule has 0 unspecified atom stereocenters. The van der Waals surface area contributed by atoms with Crippen LogP contribution in [0.4, 0.5) is 0 Å². The Balaban J connectivity index is 2.02. The van der Waals surface area contributed by atoms with Crippen LogP contribution < -0.4 is 9.46 Å². The van der Waals surface area contributed by atoms with Crippen LogP contribution in [0, 0.1) is 0 Å². The lowest BCUT2D eigenvalue weighted by atomic mass is 9.81. The molecule has 0 saturated heterocycles. The summed E-state index contributed by atoms with van der Waals surface area (Å²) in [7, 11) is -3.57. The molecule has 2 rings (SSSR count). The Morgan fingerprint density at radius 2 is 1.95 bits per heavy atom. The second kappa shape index (κ2) is 5.48. The van der Waals surface area contributed by atoms with E-state index >= 15 is 0 Å². The van der Waals surface area contributed by atoms with E-state index in [2.05, 4.69) is 4.72 Å². The van der Waals surface area contributed by atoms with Crippen molar-refractivity contribution in [1.82, 2.24) is 4.72 Å². The van der Waals surface area contributed by atoms with Crippen molar-refractivity contribution in [2.45, 2.75) is 36.7 Å². The number of aliphatic hydroxyl groups is 1. The third-order valence-corrected chi connectivity index (χ3v) is 4.74. The van der Waals surface area contributed by atoms with Gasteiger partial charge in [-0.2, -0.15) is 0 Å². The molecule has 1 aromatic carbocycles. The predicted molar refractivity (Wildman–Crippen MR) is 71.6 cm³/mol. The van der Waals surface area contributed by atoms with Gasteiger partial charge in [-0.3, -0.25) is 0 Å². The Labute approximate surface area is 113 Å². The van der Waals surface area contributed by atoms with Gasteiger partial charge in [-0.05, 0) is 50.5 Å². The molecule has 1 aromatic rings. The van der Waals surface area contributed by atoms with Crippen molar-refractivity contribution >= 4 is 10.0 Å². The lowest BCUT2D eigenvalue weighted by molar-refractivity contribution is -0.0270. The molecule has 19 heavy (non-hydrogen) atoms. The summed E-state index contributed by atoms with van der Waals surface area (Å²) < 4.78 is 31.8. The van der Waals surface area contributed by atoms with E-state index in [0.29, 0.717) is 25.2 Å². The lowest BCUT2D eigenvalue weighted by Gasteiger charge is -2.36. The number of ether oxygens (including phenoxy) is 1. The number of hydrogen-bond donors (Lipinski definition) is 2. The number of sulfonamides is 1. The van der Waals surface area contributed by atoms with E-state index in [1.54, 1.807) is 12.1 Å². The number of rotatable bonds is 6. The van der Waals surface area contributed by atoms with Crippen molar-refractivity contribution in [3.63, 3.8) is 0 Å². The van der Waals surface area contributed by atoms with Gasteiger partial charge >= 0.3 is 0 Å². The van der Waals surface area contributed by atoms with Crippen molar-refractivity contribution in [3.05, 3.63) is 24.3 Å². The molecular formula is C13H19NO4S. The fourth-order valence-electron chi connectivity index (χ4n) is 1.96. The van der Waals surface area contributed by atoms with Gasteiger partial charge in [-0.15, -0.1) is 0 Å². The van der Waals surface area contributed by atoms with Crippen molar-refractivity contribution in [1.29, 1.82) is 0 Å². The van der Waals surface area contributed by atoms with Crippen molar-refractivity contribution in [2.75, 3.05) is 13.2 Å². The summed E-state index contributed by atoms with van der Waals surface area (Å²) in [5.74, 6) is 0.638. The van der Waals surface area contributed by atoms with Gasteiger partial charge in [0.2, 0.25) is 10.0 Å². The largest absolute Gasteiger partial charge is 0.494 e. The van der Waals surface area contributed by atoms with Crippen molar-refractivity contribution in [3.8, 4) is 5.75 Å². The van der Waals surface area contributed by atoms with E-state index in [1.807, 2.05) is 6.92 Å². The minimum absolute atomic E-state index is 0.0720. The summed E-state index contributed by atoms with van der Waals surface area (Å²) in [4.78, 5) is 0.180. The molecule has 1 aliphatic rings. The molecule has 0 spiro atoms. The quantitative estimate of drug-likeness (QED) is 0.825. The Hall–Kier alpha value is -1.11. The summed E-state index contributed by atoms with van der Waals surface area (Å²) >= 11 is 0. The first kappa shape index (κ1) is 14.3. The highest BCUT2D eigenvalue weighted by Crippen LogP contribution is 2.31. The van der Waals surface area contributed by atoms with Gasteiger partial charge in [0.1, 0.15) is 5.75 Å². The SMILES string of the molecule is CCOc1ccc(S(=O)(=O)NCC2(O)CCC2)cc1. The van der Waals surface area contributed by atoms with Crippen molar-refractivity contribution in [2.24, 2.45) is 0 Å². The van der Waals surface area contributed by atoms with E-state index in [0.717, 1.165) is 6.42 Å². The van der Waals surface area contributed by atoms with Crippen molar-refractivity contribution < 1.29 is 18.3 Å². The van der Waals surface area contributed by atoms with Crippen LogP contribution >= 0.6 is 0 Å². The van der Waals surface area contributed by atoms with Gasteiger partial charge < -0.3 is 9.84 Å².